The first-order chi connectivity index (χ1) is 11.9. The van der Waals surface area contributed by atoms with Gasteiger partial charge in [0, 0.05) is 18.1 Å². The Morgan fingerprint density at radius 3 is 2.40 bits per heavy atom. The molecule has 0 radical (unpaired) electrons. The smallest absolute Gasteiger partial charge is 0.247 e. The largest absolute Gasteiger partial charge is 0.497 e. The van der Waals surface area contributed by atoms with Gasteiger partial charge in [0.05, 0.1) is 32.2 Å². The van der Waals surface area contributed by atoms with Crippen LogP contribution >= 0.6 is 0 Å². The SMILES string of the molecule is COc1ccc(C2=NN(S(C)(=O)=O)[C@@H](c3ccccc3)C2)c(OC)c1. The molecule has 0 amide bonds. The van der Waals surface area contributed by atoms with Crippen LogP contribution in [0.2, 0.25) is 0 Å². The molecule has 0 unspecified atom stereocenters. The average Bonchev–Trinajstić information content (AvgIpc) is 3.07. The van der Waals surface area contributed by atoms with E-state index in [1.54, 1.807) is 26.4 Å². The third-order valence-electron chi connectivity index (χ3n) is 4.12. The molecule has 0 aromatic heterocycles. The van der Waals surface area contributed by atoms with Gasteiger partial charge in [0.15, 0.2) is 0 Å². The van der Waals surface area contributed by atoms with Gasteiger partial charge in [0.1, 0.15) is 11.5 Å². The van der Waals surface area contributed by atoms with Crippen molar-refractivity contribution in [2.75, 3.05) is 20.5 Å². The van der Waals surface area contributed by atoms with E-state index in [1.165, 1.54) is 10.7 Å². The Hall–Kier alpha value is -2.54. The van der Waals surface area contributed by atoms with Crippen LogP contribution in [0.25, 0.3) is 0 Å². The van der Waals surface area contributed by atoms with Gasteiger partial charge in [-0.15, -0.1) is 0 Å². The number of hydrogen-bond acceptors (Lipinski definition) is 5. The van der Waals surface area contributed by atoms with E-state index in [0.29, 0.717) is 23.6 Å². The molecule has 0 fully saturated rings. The predicted octanol–water partition coefficient (Wildman–Crippen LogP) is 2.81. The number of ether oxygens (including phenoxy) is 2. The zero-order valence-corrected chi connectivity index (χ0v) is 15.2. The van der Waals surface area contributed by atoms with Crippen LogP contribution in [0, 0.1) is 0 Å². The van der Waals surface area contributed by atoms with E-state index in [-0.39, 0.29) is 6.04 Å². The van der Waals surface area contributed by atoms with Crippen molar-refractivity contribution in [3.63, 3.8) is 0 Å². The van der Waals surface area contributed by atoms with Crippen LogP contribution in [-0.4, -0.2) is 39.0 Å². The standard InChI is InChI=1S/C18H20N2O4S/c1-23-14-9-10-15(18(11-14)24-2)16-12-17(13-7-5-4-6-8-13)20(19-16)25(3,21)22/h4-11,17H,12H2,1-3H3/t17-/m1/s1. The number of hydrogen-bond donors (Lipinski definition) is 0. The van der Waals surface area contributed by atoms with Crippen molar-refractivity contribution in [2.45, 2.75) is 12.5 Å². The quantitative estimate of drug-likeness (QED) is 0.822. The summed E-state index contributed by atoms with van der Waals surface area (Å²) in [6.07, 6.45) is 1.64. The van der Waals surface area contributed by atoms with E-state index < -0.39 is 10.0 Å². The minimum Gasteiger partial charge on any atom is -0.497 e. The zero-order chi connectivity index (χ0) is 18.0. The average molecular weight is 360 g/mol. The van der Waals surface area contributed by atoms with Crippen molar-refractivity contribution in [3.05, 3.63) is 59.7 Å². The summed E-state index contributed by atoms with van der Waals surface area (Å²) in [5.74, 6) is 1.26. The first-order valence-electron chi connectivity index (χ1n) is 7.78. The molecular formula is C18H20N2O4S. The molecule has 0 saturated carbocycles. The van der Waals surface area contributed by atoms with Crippen molar-refractivity contribution >= 4 is 15.7 Å². The lowest BCUT2D eigenvalue weighted by Gasteiger charge is -2.21. The molecule has 0 saturated heterocycles. The molecule has 0 N–H and O–H groups in total. The highest BCUT2D eigenvalue weighted by Crippen LogP contribution is 2.37. The summed E-state index contributed by atoms with van der Waals surface area (Å²) in [4.78, 5) is 0. The highest BCUT2D eigenvalue weighted by atomic mass is 32.2. The van der Waals surface area contributed by atoms with Gasteiger partial charge in [-0.3, -0.25) is 0 Å². The van der Waals surface area contributed by atoms with E-state index in [0.717, 1.165) is 11.1 Å². The molecule has 25 heavy (non-hydrogen) atoms. The van der Waals surface area contributed by atoms with E-state index >= 15 is 0 Å². The van der Waals surface area contributed by atoms with E-state index in [1.807, 2.05) is 36.4 Å². The Balaban J connectivity index is 2.04. The highest BCUT2D eigenvalue weighted by molar-refractivity contribution is 7.88. The number of sulfonamides is 1. The molecule has 0 bridgehead atoms. The molecular weight excluding hydrogens is 340 g/mol. The van der Waals surface area contributed by atoms with Crippen LogP contribution in [0.5, 0.6) is 11.5 Å². The Kier molecular flexibility index (Phi) is 4.67. The van der Waals surface area contributed by atoms with Crippen LogP contribution in [-0.2, 0) is 10.0 Å². The van der Waals surface area contributed by atoms with Crippen LogP contribution in [0.1, 0.15) is 23.6 Å². The van der Waals surface area contributed by atoms with Gasteiger partial charge in [0.2, 0.25) is 10.0 Å². The molecule has 2 aromatic rings. The first kappa shape index (κ1) is 17.3. The molecule has 2 aromatic carbocycles. The van der Waals surface area contributed by atoms with Gasteiger partial charge in [-0.05, 0) is 17.7 Å². The molecule has 1 aliphatic rings. The minimum atomic E-state index is -3.49. The lowest BCUT2D eigenvalue weighted by atomic mass is 9.98. The Morgan fingerprint density at radius 1 is 1.08 bits per heavy atom. The molecule has 1 aliphatic heterocycles. The number of rotatable bonds is 5. The maximum atomic E-state index is 12.2. The number of methoxy groups -OCH3 is 2. The third-order valence-corrected chi connectivity index (χ3v) is 5.13. The summed E-state index contributed by atoms with van der Waals surface area (Å²) in [7, 11) is -0.345. The van der Waals surface area contributed by atoms with Gasteiger partial charge < -0.3 is 9.47 Å². The fourth-order valence-electron chi connectivity index (χ4n) is 2.92. The second-order valence-corrected chi connectivity index (χ2v) is 7.62. The van der Waals surface area contributed by atoms with Crippen molar-refractivity contribution in [2.24, 2.45) is 5.10 Å². The summed E-state index contributed by atoms with van der Waals surface area (Å²) in [5, 5.41) is 4.39. The van der Waals surface area contributed by atoms with Gasteiger partial charge in [-0.2, -0.15) is 9.52 Å². The van der Waals surface area contributed by atoms with E-state index in [2.05, 4.69) is 5.10 Å². The highest BCUT2D eigenvalue weighted by Gasteiger charge is 2.35. The normalized spacial score (nSPS) is 17.3. The Labute approximate surface area is 147 Å². The molecule has 132 valence electrons. The molecule has 0 spiro atoms. The summed E-state index contributed by atoms with van der Waals surface area (Å²) in [6.45, 7) is 0. The Morgan fingerprint density at radius 2 is 1.80 bits per heavy atom. The van der Waals surface area contributed by atoms with Crippen LogP contribution in [0.4, 0.5) is 0 Å². The van der Waals surface area contributed by atoms with Gasteiger partial charge in [-0.1, -0.05) is 30.3 Å². The minimum absolute atomic E-state index is 0.363. The molecule has 7 heteroatoms. The van der Waals surface area contributed by atoms with Crippen molar-refractivity contribution in [1.29, 1.82) is 0 Å². The van der Waals surface area contributed by atoms with Crippen molar-refractivity contribution in [1.82, 2.24) is 4.41 Å². The second-order valence-electron chi connectivity index (χ2n) is 5.78. The van der Waals surface area contributed by atoms with E-state index in [4.69, 9.17) is 9.47 Å². The number of hydrazone groups is 1. The number of benzene rings is 2. The lowest BCUT2D eigenvalue weighted by molar-refractivity contribution is 0.375. The maximum absolute atomic E-state index is 12.2. The Bertz CT molecular complexity index is 895. The van der Waals surface area contributed by atoms with Gasteiger partial charge >= 0.3 is 0 Å². The molecule has 1 atom stereocenters. The molecule has 1 heterocycles. The molecule has 3 rings (SSSR count). The monoisotopic (exact) mass is 360 g/mol. The summed E-state index contributed by atoms with van der Waals surface area (Å²) in [5.41, 5.74) is 2.33. The van der Waals surface area contributed by atoms with Crippen molar-refractivity contribution < 1.29 is 17.9 Å². The van der Waals surface area contributed by atoms with Gasteiger partial charge in [-0.25, -0.2) is 8.42 Å². The molecule has 6 nitrogen and oxygen atoms in total. The second kappa shape index (κ2) is 6.76. The van der Waals surface area contributed by atoms with Crippen LogP contribution in [0.3, 0.4) is 0 Å². The third kappa shape index (κ3) is 3.46. The fraction of sp³-hybridized carbons (Fsp3) is 0.278. The van der Waals surface area contributed by atoms with Crippen LogP contribution in [0.15, 0.2) is 53.6 Å². The first-order valence-corrected chi connectivity index (χ1v) is 9.63. The lowest BCUT2D eigenvalue weighted by Crippen LogP contribution is -2.25. The fourth-order valence-corrected chi connectivity index (χ4v) is 3.82. The summed E-state index contributed by atoms with van der Waals surface area (Å²) < 4.78 is 36.3. The van der Waals surface area contributed by atoms with Crippen molar-refractivity contribution in [3.8, 4) is 11.5 Å². The van der Waals surface area contributed by atoms with Gasteiger partial charge in [0.25, 0.3) is 0 Å². The number of nitrogens with zero attached hydrogens (tertiary/aromatic N) is 2. The van der Waals surface area contributed by atoms with E-state index in [9.17, 15) is 8.42 Å². The molecule has 0 aliphatic carbocycles. The summed E-state index contributed by atoms with van der Waals surface area (Å²) in [6, 6.07) is 14.5. The predicted molar refractivity (Wildman–Crippen MR) is 96.6 cm³/mol. The summed E-state index contributed by atoms with van der Waals surface area (Å²) >= 11 is 0. The topological polar surface area (TPSA) is 68.2 Å². The van der Waals surface area contributed by atoms with Crippen LogP contribution < -0.4 is 9.47 Å². The maximum Gasteiger partial charge on any atom is 0.247 e. The zero-order valence-electron chi connectivity index (χ0n) is 14.3.